The zero-order valence-electron chi connectivity index (χ0n) is 8.85. The SMILES string of the molecule is [I][Zr]([I])([O]c1ccccc1)[O]c1ccccc1. The molecular formula is C12H10I2O2Zr. The zero-order valence-corrected chi connectivity index (χ0v) is 15.6. The average molecular weight is 531 g/mol. The molecule has 0 heterocycles. The van der Waals surface area contributed by atoms with E-state index in [0.29, 0.717) is 0 Å². The van der Waals surface area contributed by atoms with E-state index in [1.54, 1.807) is 0 Å². The molecule has 2 aromatic carbocycles. The van der Waals surface area contributed by atoms with Gasteiger partial charge in [-0.25, -0.2) is 0 Å². The molecule has 0 fully saturated rings. The molecular weight excluding hydrogens is 521 g/mol. The van der Waals surface area contributed by atoms with Gasteiger partial charge in [-0.2, -0.15) is 0 Å². The molecule has 5 heteroatoms. The first-order valence-corrected chi connectivity index (χ1v) is 21.6. The minimum atomic E-state index is -3.01. The average Bonchev–Trinajstić information content (AvgIpc) is 2.30. The van der Waals surface area contributed by atoms with Crippen LogP contribution in [0.3, 0.4) is 0 Å². The van der Waals surface area contributed by atoms with Gasteiger partial charge < -0.3 is 0 Å². The summed E-state index contributed by atoms with van der Waals surface area (Å²) in [6.45, 7) is 0. The summed E-state index contributed by atoms with van der Waals surface area (Å²) in [5.74, 6) is 1.76. The summed E-state index contributed by atoms with van der Waals surface area (Å²) >= 11 is 1.66. The van der Waals surface area contributed by atoms with Crippen molar-refractivity contribution in [1.82, 2.24) is 0 Å². The third kappa shape index (κ3) is 4.87. The van der Waals surface area contributed by atoms with Crippen LogP contribution >= 0.6 is 36.1 Å². The Hall–Kier alpha value is 0.383. The number of benzene rings is 2. The van der Waals surface area contributed by atoms with Gasteiger partial charge in [0.15, 0.2) is 0 Å². The fourth-order valence-electron chi connectivity index (χ4n) is 1.27. The van der Waals surface area contributed by atoms with E-state index in [9.17, 15) is 0 Å². The van der Waals surface area contributed by atoms with Crippen LogP contribution in [0.5, 0.6) is 11.5 Å². The molecule has 0 aliphatic heterocycles. The van der Waals surface area contributed by atoms with Crippen molar-refractivity contribution in [2.75, 3.05) is 0 Å². The molecule has 0 N–H and O–H groups in total. The molecule has 2 aromatic rings. The Morgan fingerprint density at radius 2 is 1.00 bits per heavy atom. The van der Waals surface area contributed by atoms with Gasteiger partial charge in [-0.3, -0.25) is 0 Å². The normalized spacial score (nSPS) is 10.9. The number of hydrogen-bond donors (Lipinski definition) is 0. The zero-order chi connectivity index (χ0) is 12.1. The van der Waals surface area contributed by atoms with Crippen LogP contribution in [0.1, 0.15) is 0 Å². The topological polar surface area (TPSA) is 18.5 Å². The van der Waals surface area contributed by atoms with Crippen LogP contribution in [0.15, 0.2) is 60.7 Å². The fraction of sp³-hybridized carbons (Fsp3) is 0. The Balaban J connectivity index is 2.04. The Bertz CT molecular complexity index is 419. The molecule has 0 spiro atoms. The minimum absolute atomic E-state index is 0.878. The van der Waals surface area contributed by atoms with Gasteiger partial charge in [0.05, 0.1) is 0 Å². The third-order valence-corrected chi connectivity index (χ3v) is 9.50. The molecule has 88 valence electrons. The molecule has 0 aliphatic carbocycles. The van der Waals surface area contributed by atoms with E-state index in [1.807, 2.05) is 60.7 Å². The standard InChI is InChI=1S/2C6H6O.2HI.Zr/c2*7-6-4-2-1-3-5-6;;;/h2*1-5,7H;2*1H;/q;;;;+4/p-4. The molecule has 0 aromatic heterocycles. The maximum atomic E-state index is 5.97. The van der Waals surface area contributed by atoms with Crippen molar-refractivity contribution in [2.24, 2.45) is 0 Å². The number of hydrogen-bond acceptors (Lipinski definition) is 2. The quantitative estimate of drug-likeness (QED) is 0.527. The summed E-state index contributed by atoms with van der Waals surface area (Å²) < 4.78 is 11.9. The monoisotopic (exact) mass is 530 g/mol. The van der Waals surface area contributed by atoms with Crippen molar-refractivity contribution in [3.63, 3.8) is 0 Å². The Morgan fingerprint density at radius 1 is 0.647 bits per heavy atom. The molecule has 0 unspecified atom stereocenters. The van der Waals surface area contributed by atoms with E-state index >= 15 is 0 Å². The number of rotatable bonds is 4. The van der Waals surface area contributed by atoms with Crippen LogP contribution < -0.4 is 5.63 Å². The van der Waals surface area contributed by atoms with E-state index in [0.717, 1.165) is 11.5 Å². The summed E-state index contributed by atoms with van der Waals surface area (Å²) in [4.78, 5) is 0. The number of halogens is 2. The summed E-state index contributed by atoms with van der Waals surface area (Å²) in [5, 5.41) is 0. The van der Waals surface area contributed by atoms with Crippen LogP contribution in [-0.4, -0.2) is 0 Å². The van der Waals surface area contributed by atoms with Gasteiger partial charge in [-0.05, 0) is 0 Å². The Morgan fingerprint density at radius 3 is 1.35 bits per heavy atom. The van der Waals surface area contributed by atoms with E-state index in [-0.39, 0.29) is 0 Å². The van der Waals surface area contributed by atoms with Crippen molar-refractivity contribution in [3.05, 3.63) is 60.7 Å². The van der Waals surface area contributed by atoms with Crippen LogP contribution in [0.2, 0.25) is 0 Å². The molecule has 0 saturated carbocycles. The second-order valence-corrected chi connectivity index (χ2v) is 35.6. The third-order valence-electron chi connectivity index (χ3n) is 1.96. The van der Waals surface area contributed by atoms with Gasteiger partial charge in [0.2, 0.25) is 0 Å². The van der Waals surface area contributed by atoms with E-state index in [4.69, 9.17) is 5.63 Å². The first kappa shape index (κ1) is 13.8. The van der Waals surface area contributed by atoms with Gasteiger partial charge in [0.25, 0.3) is 0 Å². The predicted octanol–water partition coefficient (Wildman–Crippen LogP) is 4.83. The second-order valence-electron chi connectivity index (χ2n) is 3.29. The summed E-state index contributed by atoms with van der Waals surface area (Å²) in [7, 11) is 0. The molecule has 0 atom stereocenters. The number of para-hydroxylation sites is 2. The molecule has 17 heavy (non-hydrogen) atoms. The Labute approximate surface area is 125 Å². The van der Waals surface area contributed by atoms with Crippen LogP contribution in [0.25, 0.3) is 0 Å². The first-order valence-electron chi connectivity index (χ1n) is 5.02. The van der Waals surface area contributed by atoms with Gasteiger partial charge in [-0.15, -0.1) is 0 Å². The van der Waals surface area contributed by atoms with Crippen molar-refractivity contribution in [3.8, 4) is 11.5 Å². The van der Waals surface area contributed by atoms with Crippen molar-refractivity contribution >= 4 is 36.1 Å². The molecule has 0 amide bonds. The van der Waals surface area contributed by atoms with Crippen molar-refractivity contribution in [1.29, 1.82) is 0 Å². The predicted molar refractivity (Wildman–Crippen MR) is 82.2 cm³/mol. The molecule has 0 saturated heterocycles. The van der Waals surface area contributed by atoms with Gasteiger partial charge in [0.1, 0.15) is 0 Å². The van der Waals surface area contributed by atoms with E-state index in [1.165, 1.54) is 0 Å². The van der Waals surface area contributed by atoms with Crippen LogP contribution in [0.4, 0.5) is 0 Å². The molecule has 0 radical (unpaired) electrons. The van der Waals surface area contributed by atoms with Crippen molar-refractivity contribution < 1.29 is 18.4 Å². The van der Waals surface area contributed by atoms with E-state index < -0.39 is 12.8 Å². The molecule has 0 aliphatic rings. The molecule has 0 bridgehead atoms. The molecule has 2 rings (SSSR count). The maximum absolute atomic E-state index is 5.97. The summed E-state index contributed by atoms with van der Waals surface area (Å²) in [6.07, 6.45) is 0. The van der Waals surface area contributed by atoms with Gasteiger partial charge in [-0.1, -0.05) is 0 Å². The van der Waals surface area contributed by atoms with Crippen LogP contribution in [0, 0.1) is 0 Å². The second kappa shape index (κ2) is 6.52. The summed E-state index contributed by atoms with van der Waals surface area (Å²) in [5.41, 5.74) is 0. The van der Waals surface area contributed by atoms with Crippen molar-refractivity contribution in [2.45, 2.75) is 0 Å². The van der Waals surface area contributed by atoms with E-state index in [2.05, 4.69) is 36.1 Å². The van der Waals surface area contributed by atoms with Gasteiger partial charge in [0, 0.05) is 0 Å². The molecule has 2 nitrogen and oxygen atoms in total. The first-order chi connectivity index (χ1) is 8.16. The Kier molecular flexibility index (Phi) is 5.30. The summed E-state index contributed by atoms with van der Waals surface area (Å²) in [6, 6.07) is 19.6. The van der Waals surface area contributed by atoms with Crippen LogP contribution in [-0.2, 0) is 12.8 Å². The van der Waals surface area contributed by atoms with Gasteiger partial charge >= 0.3 is 127 Å². The fourth-order valence-corrected chi connectivity index (χ4v) is 9.41.